The number of fused-ring (bicyclic) bond motifs is 1. The molecular formula is C17H13FN4OS2. The highest BCUT2D eigenvalue weighted by Crippen LogP contribution is 2.24. The Morgan fingerprint density at radius 3 is 2.72 bits per heavy atom. The summed E-state index contributed by atoms with van der Waals surface area (Å²) in [6, 6.07) is 11.8. The third kappa shape index (κ3) is 3.49. The normalized spacial score (nSPS) is 12.5. The van der Waals surface area contributed by atoms with Crippen LogP contribution in [0.5, 0.6) is 0 Å². The molecule has 4 aromatic rings. The molecule has 0 aliphatic carbocycles. The number of halogens is 1. The summed E-state index contributed by atoms with van der Waals surface area (Å²) >= 11 is 1.31. The molecule has 4 rings (SSSR count). The highest BCUT2D eigenvalue weighted by atomic mass is 32.2. The highest BCUT2D eigenvalue weighted by molar-refractivity contribution is 7.87. The molecule has 0 amide bonds. The van der Waals surface area contributed by atoms with Gasteiger partial charge in [0.1, 0.15) is 5.82 Å². The van der Waals surface area contributed by atoms with E-state index in [9.17, 15) is 8.60 Å². The van der Waals surface area contributed by atoms with Gasteiger partial charge in [0.15, 0.2) is 0 Å². The van der Waals surface area contributed by atoms with E-state index >= 15 is 0 Å². The molecule has 0 fully saturated rings. The van der Waals surface area contributed by atoms with Crippen molar-refractivity contribution in [3.05, 3.63) is 66.4 Å². The van der Waals surface area contributed by atoms with Gasteiger partial charge in [0.2, 0.25) is 9.30 Å². The molecule has 8 heteroatoms. The van der Waals surface area contributed by atoms with Crippen LogP contribution in [0.4, 0.5) is 4.39 Å². The fraction of sp³-hybridized carbons (Fsp3) is 0.118. The van der Waals surface area contributed by atoms with E-state index in [0.29, 0.717) is 27.2 Å². The van der Waals surface area contributed by atoms with E-state index in [4.69, 9.17) is 0 Å². The van der Waals surface area contributed by atoms with Gasteiger partial charge in [0, 0.05) is 29.6 Å². The second kappa shape index (κ2) is 6.81. The molecule has 25 heavy (non-hydrogen) atoms. The van der Waals surface area contributed by atoms with Crippen LogP contribution in [0.25, 0.3) is 16.2 Å². The number of aromatic nitrogens is 4. The summed E-state index contributed by atoms with van der Waals surface area (Å²) in [6.45, 7) is 0. The van der Waals surface area contributed by atoms with E-state index in [1.807, 2.05) is 18.2 Å². The SMILES string of the molecule is O=S(CCc1ccccn1)c1nn2cc(-c3ccc(F)cc3)nc2s1. The quantitative estimate of drug-likeness (QED) is 0.539. The molecule has 1 unspecified atom stereocenters. The minimum Gasteiger partial charge on any atom is -0.261 e. The molecule has 3 heterocycles. The summed E-state index contributed by atoms with van der Waals surface area (Å²) in [6.07, 6.45) is 4.13. The summed E-state index contributed by atoms with van der Waals surface area (Å²) in [4.78, 5) is 9.38. The third-order valence-corrected chi connectivity index (χ3v) is 6.20. The largest absolute Gasteiger partial charge is 0.261 e. The average molecular weight is 372 g/mol. The smallest absolute Gasteiger partial charge is 0.213 e. The van der Waals surface area contributed by atoms with Gasteiger partial charge in [-0.15, -0.1) is 5.10 Å². The Hall–Kier alpha value is -2.45. The van der Waals surface area contributed by atoms with Crippen LogP contribution in [0.2, 0.25) is 0 Å². The zero-order valence-corrected chi connectivity index (χ0v) is 14.6. The molecule has 3 aromatic heterocycles. The first-order chi connectivity index (χ1) is 12.2. The minimum absolute atomic E-state index is 0.284. The van der Waals surface area contributed by atoms with Crippen molar-refractivity contribution >= 4 is 27.1 Å². The Morgan fingerprint density at radius 1 is 1.16 bits per heavy atom. The van der Waals surface area contributed by atoms with Crippen molar-refractivity contribution in [2.75, 3.05) is 5.75 Å². The predicted octanol–water partition coefficient (Wildman–Crippen LogP) is 3.34. The summed E-state index contributed by atoms with van der Waals surface area (Å²) in [7, 11) is -1.19. The molecule has 0 aliphatic rings. The van der Waals surface area contributed by atoms with Gasteiger partial charge in [-0.1, -0.05) is 17.4 Å². The first-order valence-corrected chi connectivity index (χ1v) is 9.73. The molecule has 5 nitrogen and oxygen atoms in total. The van der Waals surface area contributed by atoms with Crippen LogP contribution < -0.4 is 0 Å². The number of rotatable bonds is 5. The topological polar surface area (TPSA) is 60.2 Å². The fourth-order valence-electron chi connectivity index (χ4n) is 2.36. The van der Waals surface area contributed by atoms with E-state index in [1.54, 1.807) is 29.0 Å². The number of hydrogen-bond donors (Lipinski definition) is 0. The second-order valence-corrected chi connectivity index (χ2v) is 8.05. The molecule has 0 spiro atoms. The Morgan fingerprint density at radius 2 is 2.00 bits per heavy atom. The number of nitrogens with zero attached hydrogens (tertiary/aromatic N) is 4. The number of imidazole rings is 1. The van der Waals surface area contributed by atoms with E-state index in [0.717, 1.165) is 11.3 Å². The lowest BCUT2D eigenvalue weighted by Gasteiger charge is -1.98. The Balaban J connectivity index is 1.51. The lowest BCUT2D eigenvalue weighted by Crippen LogP contribution is -2.03. The van der Waals surface area contributed by atoms with Crippen LogP contribution in [-0.4, -0.2) is 29.5 Å². The molecule has 1 atom stereocenters. The predicted molar refractivity (Wildman–Crippen MR) is 95.5 cm³/mol. The van der Waals surface area contributed by atoms with Gasteiger partial charge in [-0.05, 0) is 36.4 Å². The van der Waals surface area contributed by atoms with E-state index in [-0.39, 0.29) is 5.82 Å². The maximum atomic E-state index is 13.0. The van der Waals surface area contributed by atoms with Gasteiger partial charge < -0.3 is 0 Å². The molecule has 0 radical (unpaired) electrons. The molecule has 0 saturated carbocycles. The molecule has 1 aromatic carbocycles. The van der Waals surface area contributed by atoms with Gasteiger partial charge in [0.25, 0.3) is 0 Å². The zero-order valence-electron chi connectivity index (χ0n) is 13.0. The molecule has 0 N–H and O–H groups in total. The molecular weight excluding hydrogens is 359 g/mol. The van der Waals surface area contributed by atoms with Crippen molar-refractivity contribution in [1.82, 2.24) is 19.6 Å². The van der Waals surface area contributed by atoms with Crippen molar-refractivity contribution in [3.8, 4) is 11.3 Å². The molecule has 0 bridgehead atoms. The average Bonchev–Trinajstić information content (AvgIpc) is 3.20. The third-order valence-electron chi connectivity index (χ3n) is 3.63. The van der Waals surface area contributed by atoms with Crippen LogP contribution >= 0.6 is 11.3 Å². The van der Waals surface area contributed by atoms with E-state index in [1.165, 1.54) is 23.5 Å². The number of aryl methyl sites for hydroxylation is 1. The minimum atomic E-state index is -1.19. The van der Waals surface area contributed by atoms with Gasteiger partial charge in [-0.2, -0.15) is 0 Å². The Labute approximate surface area is 149 Å². The summed E-state index contributed by atoms with van der Waals surface area (Å²) < 4.78 is 27.6. The Kier molecular flexibility index (Phi) is 4.37. The van der Waals surface area contributed by atoms with Gasteiger partial charge in [-0.3, -0.25) is 9.19 Å². The first-order valence-electron chi connectivity index (χ1n) is 7.59. The second-order valence-electron chi connectivity index (χ2n) is 5.35. The van der Waals surface area contributed by atoms with Gasteiger partial charge in [-0.25, -0.2) is 13.9 Å². The number of hydrogen-bond acceptors (Lipinski definition) is 5. The maximum Gasteiger partial charge on any atom is 0.213 e. The molecule has 0 saturated heterocycles. The Bertz CT molecular complexity index is 996. The van der Waals surface area contributed by atoms with Crippen molar-refractivity contribution in [1.29, 1.82) is 0 Å². The van der Waals surface area contributed by atoms with Crippen LogP contribution in [0.3, 0.4) is 0 Å². The standard InChI is InChI=1S/C17H13FN4OS2/c18-13-6-4-12(5-7-13)15-11-22-16(20-15)24-17(21-22)25(23)10-8-14-3-1-2-9-19-14/h1-7,9,11H,8,10H2. The van der Waals surface area contributed by atoms with Gasteiger partial charge in [0.05, 0.1) is 22.7 Å². The van der Waals surface area contributed by atoms with Gasteiger partial charge >= 0.3 is 0 Å². The lowest BCUT2D eigenvalue weighted by atomic mass is 10.2. The van der Waals surface area contributed by atoms with E-state index in [2.05, 4.69) is 15.1 Å². The van der Waals surface area contributed by atoms with Crippen molar-refractivity contribution in [3.63, 3.8) is 0 Å². The van der Waals surface area contributed by atoms with Crippen molar-refractivity contribution in [2.24, 2.45) is 0 Å². The molecule has 0 aliphatic heterocycles. The lowest BCUT2D eigenvalue weighted by molar-refractivity contribution is 0.628. The van der Waals surface area contributed by atoms with Crippen molar-refractivity contribution < 1.29 is 8.60 Å². The highest BCUT2D eigenvalue weighted by Gasteiger charge is 2.14. The van der Waals surface area contributed by atoms with Crippen LogP contribution in [0, 0.1) is 5.82 Å². The monoisotopic (exact) mass is 372 g/mol. The zero-order chi connectivity index (χ0) is 17.2. The number of pyridine rings is 1. The first kappa shape index (κ1) is 16.0. The number of benzene rings is 1. The summed E-state index contributed by atoms with van der Waals surface area (Å²) in [5.74, 6) is 0.187. The fourth-order valence-corrected chi connectivity index (χ4v) is 4.57. The maximum absolute atomic E-state index is 13.0. The van der Waals surface area contributed by atoms with Crippen LogP contribution in [-0.2, 0) is 17.2 Å². The summed E-state index contributed by atoms with van der Waals surface area (Å²) in [5, 5.41) is 4.37. The van der Waals surface area contributed by atoms with Crippen LogP contribution in [0.15, 0.2) is 59.2 Å². The van der Waals surface area contributed by atoms with Crippen LogP contribution in [0.1, 0.15) is 5.69 Å². The van der Waals surface area contributed by atoms with E-state index < -0.39 is 10.8 Å². The summed E-state index contributed by atoms with van der Waals surface area (Å²) in [5.41, 5.74) is 2.44. The van der Waals surface area contributed by atoms with Crippen molar-refractivity contribution in [2.45, 2.75) is 10.8 Å². The molecule has 126 valence electrons.